The lowest BCUT2D eigenvalue weighted by Gasteiger charge is -2.25. The number of anilines is 2. The maximum Gasteiger partial charge on any atom is 0.284 e. The van der Waals surface area contributed by atoms with Crippen LogP contribution in [0.5, 0.6) is 0 Å². The fraction of sp³-hybridized carbons (Fsp3) is 0.333. The number of amides is 2. The Hall–Kier alpha value is -2.66. The minimum absolute atomic E-state index is 0.0202. The van der Waals surface area contributed by atoms with Crippen LogP contribution in [0, 0.1) is 13.8 Å². The zero-order valence-corrected chi connectivity index (χ0v) is 16.2. The number of quaternary nitrogens is 1. The molecule has 0 aliphatic heterocycles. The second-order valence-corrected chi connectivity index (χ2v) is 6.84. The van der Waals surface area contributed by atoms with Crippen molar-refractivity contribution < 1.29 is 14.5 Å². The molecule has 0 radical (unpaired) electrons. The van der Waals surface area contributed by atoms with Gasteiger partial charge in [-0.1, -0.05) is 30.3 Å². The van der Waals surface area contributed by atoms with Crippen molar-refractivity contribution in [1.29, 1.82) is 0 Å². The Morgan fingerprint density at radius 1 is 1.12 bits per heavy atom. The highest BCUT2D eigenvalue weighted by atomic mass is 16.2. The van der Waals surface area contributed by atoms with Crippen LogP contribution in [0.15, 0.2) is 48.5 Å². The van der Waals surface area contributed by atoms with Crippen molar-refractivity contribution in [3.8, 4) is 0 Å². The second-order valence-electron chi connectivity index (χ2n) is 6.84. The molecule has 1 unspecified atom stereocenters. The first-order valence-electron chi connectivity index (χ1n) is 8.81. The van der Waals surface area contributed by atoms with Gasteiger partial charge in [0.05, 0.1) is 7.05 Å². The largest absolute Gasteiger partial charge is 0.321 e. The monoisotopic (exact) mass is 354 g/mol. The molecule has 0 aromatic heterocycles. The molecule has 0 spiro atoms. The maximum absolute atomic E-state index is 12.7. The third-order valence-corrected chi connectivity index (χ3v) is 4.69. The summed E-state index contributed by atoms with van der Waals surface area (Å²) in [6.07, 6.45) is 0. The van der Waals surface area contributed by atoms with Gasteiger partial charge in [-0.2, -0.15) is 0 Å². The van der Waals surface area contributed by atoms with E-state index >= 15 is 0 Å². The van der Waals surface area contributed by atoms with Gasteiger partial charge >= 0.3 is 0 Å². The van der Waals surface area contributed by atoms with Gasteiger partial charge in [0, 0.05) is 18.4 Å². The lowest BCUT2D eigenvalue weighted by molar-refractivity contribution is -0.885. The van der Waals surface area contributed by atoms with Crippen LogP contribution in [0.1, 0.15) is 18.1 Å². The van der Waals surface area contributed by atoms with Crippen LogP contribution in [0.4, 0.5) is 11.4 Å². The highest BCUT2D eigenvalue weighted by molar-refractivity contribution is 5.96. The molecule has 2 aromatic rings. The van der Waals surface area contributed by atoms with Gasteiger partial charge in [-0.25, -0.2) is 0 Å². The molecular weight excluding hydrogens is 326 g/mol. The Morgan fingerprint density at radius 3 is 2.42 bits per heavy atom. The molecule has 5 nitrogen and oxygen atoms in total. The Labute approximate surface area is 155 Å². The first-order valence-corrected chi connectivity index (χ1v) is 8.81. The lowest BCUT2D eigenvalue weighted by Crippen LogP contribution is -3.15. The van der Waals surface area contributed by atoms with E-state index in [2.05, 4.69) is 5.32 Å². The molecule has 0 bridgehead atoms. The van der Waals surface area contributed by atoms with Crippen LogP contribution < -0.4 is 15.1 Å². The highest BCUT2D eigenvalue weighted by Gasteiger charge is 2.27. The topological polar surface area (TPSA) is 53.9 Å². The van der Waals surface area contributed by atoms with Crippen LogP contribution in [-0.2, 0) is 9.59 Å². The van der Waals surface area contributed by atoms with Gasteiger partial charge in [-0.15, -0.1) is 0 Å². The van der Waals surface area contributed by atoms with E-state index in [1.807, 2.05) is 76.3 Å². The predicted octanol–water partition coefficient (Wildman–Crippen LogP) is 1.81. The average Bonchev–Trinajstić information content (AvgIpc) is 2.63. The smallest absolute Gasteiger partial charge is 0.284 e. The first-order chi connectivity index (χ1) is 12.3. The van der Waals surface area contributed by atoms with Crippen LogP contribution >= 0.6 is 0 Å². The quantitative estimate of drug-likeness (QED) is 0.831. The normalized spacial score (nSPS) is 13.0. The maximum atomic E-state index is 12.7. The number of para-hydroxylation sites is 1. The molecule has 0 saturated heterocycles. The average molecular weight is 354 g/mol. The number of aryl methyl sites for hydroxylation is 2. The molecule has 0 saturated carbocycles. The SMILES string of the molecule is Cc1ccc(C)c(NC(=O)C[NH+](C)[C@@H](C)C(=O)N(C)c2ccccc2)c1. The van der Waals surface area contributed by atoms with Crippen LogP contribution in [-0.4, -0.2) is 38.5 Å². The number of nitrogens with zero attached hydrogens (tertiary/aromatic N) is 1. The Kier molecular flexibility index (Phi) is 6.52. The van der Waals surface area contributed by atoms with E-state index in [9.17, 15) is 9.59 Å². The van der Waals surface area contributed by atoms with Gasteiger partial charge in [0.2, 0.25) is 0 Å². The fourth-order valence-electron chi connectivity index (χ4n) is 2.75. The minimum Gasteiger partial charge on any atom is -0.321 e. The summed E-state index contributed by atoms with van der Waals surface area (Å²) in [4.78, 5) is 27.6. The molecule has 0 aliphatic carbocycles. The lowest BCUT2D eigenvalue weighted by atomic mass is 10.1. The Morgan fingerprint density at radius 2 is 1.77 bits per heavy atom. The number of hydrogen-bond donors (Lipinski definition) is 2. The second kappa shape index (κ2) is 8.63. The number of carbonyl (C=O) groups excluding carboxylic acids is 2. The summed E-state index contributed by atoms with van der Waals surface area (Å²) in [5.74, 6) is -0.119. The van der Waals surface area contributed by atoms with Crippen LogP contribution in [0.25, 0.3) is 0 Å². The van der Waals surface area contributed by atoms with Gasteiger partial charge in [0.15, 0.2) is 12.6 Å². The van der Waals surface area contributed by atoms with Gasteiger partial charge in [0.25, 0.3) is 11.8 Å². The fourth-order valence-corrected chi connectivity index (χ4v) is 2.75. The molecule has 0 heterocycles. The molecule has 2 atom stereocenters. The summed E-state index contributed by atoms with van der Waals surface area (Å²) in [5, 5.41) is 2.95. The standard InChI is InChI=1S/C21H27N3O2/c1-15-11-12-16(2)19(13-15)22-20(25)14-23(4)17(3)21(26)24(5)18-9-7-6-8-10-18/h6-13,17H,14H2,1-5H3,(H,22,25)/p+1/t17-/m0/s1. The summed E-state index contributed by atoms with van der Waals surface area (Å²) >= 11 is 0. The van der Waals surface area contributed by atoms with Gasteiger partial charge < -0.3 is 15.1 Å². The number of rotatable bonds is 6. The molecule has 138 valence electrons. The molecule has 5 heteroatoms. The molecular formula is C21H28N3O2+. The highest BCUT2D eigenvalue weighted by Crippen LogP contribution is 2.16. The van der Waals surface area contributed by atoms with Crippen molar-refractivity contribution in [3.63, 3.8) is 0 Å². The molecule has 2 amide bonds. The summed E-state index contributed by atoms with van der Waals surface area (Å²) in [6, 6.07) is 15.1. The van der Waals surface area contributed by atoms with Crippen LogP contribution in [0.3, 0.4) is 0 Å². The summed E-state index contributed by atoms with van der Waals surface area (Å²) < 4.78 is 0. The molecule has 0 fully saturated rings. The van der Waals surface area contributed by atoms with Crippen molar-refractivity contribution >= 4 is 23.2 Å². The van der Waals surface area contributed by atoms with Crippen molar-refractivity contribution in [2.24, 2.45) is 0 Å². The number of likely N-dealkylation sites (N-methyl/N-ethyl adjacent to an activating group) is 2. The Bertz CT molecular complexity index is 774. The van der Waals surface area contributed by atoms with Crippen molar-refractivity contribution in [2.75, 3.05) is 30.9 Å². The van der Waals surface area contributed by atoms with E-state index in [0.717, 1.165) is 27.4 Å². The van der Waals surface area contributed by atoms with Gasteiger partial charge in [-0.05, 0) is 50.1 Å². The van der Waals surface area contributed by atoms with Crippen molar-refractivity contribution in [2.45, 2.75) is 26.8 Å². The van der Waals surface area contributed by atoms with E-state index in [4.69, 9.17) is 0 Å². The van der Waals surface area contributed by atoms with E-state index in [-0.39, 0.29) is 24.4 Å². The summed E-state index contributed by atoms with van der Waals surface area (Å²) in [5.41, 5.74) is 3.79. The molecule has 0 aliphatic rings. The number of benzene rings is 2. The van der Waals surface area contributed by atoms with Gasteiger partial charge in [-0.3, -0.25) is 9.59 Å². The van der Waals surface area contributed by atoms with E-state index < -0.39 is 0 Å². The number of hydrogen-bond acceptors (Lipinski definition) is 2. The minimum atomic E-state index is -0.329. The van der Waals surface area contributed by atoms with E-state index in [0.29, 0.717) is 0 Å². The molecule has 2 aromatic carbocycles. The van der Waals surface area contributed by atoms with Gasteiger partial charge in [0.1, 0.15) is 0 Å². The van der Waals surface area contributed by atoms with E-state index in [1.165, 1.54) is 0 Å². The zero-order chi connectivity index (χ0) is 19.3. The number of carbonyl (C=O) groups is 2. The summed E-state index contributed by atoms with van der Waals surface area (Å²) in [6.45, 7) is 6.03. The van der Waals surface area contributed by atoms with Crippen LogP contribution in [0.2, 0.25) is 0 Å². The molecule has 26 heavy (non-hydrogen) atoms. The molecule has 2 rings (SSSR count). The Balaban J connectivity index is 1.97. The summed E-state index contributed by atoms with van der Waals surface area (Å²) in [7, 11) is 3.63. The third-order valence-electron chi connectivity index (χ3n) is 4.69. The first kappa shape index (κ1) is 19.7. The zero-order valence-electron chi connectivity index (χ0n) is 16.2. The molecule has 2 N–H and O–H groups in total. The van der Waals surface area contributed by atoms with E-state index in [1.54, 1.807) is 11.9 Å². The number of nitrogens with one attached hydrogen (secondary N) is 2. The third kappa shape index (κ3) is 4.92. The predicted molar refractivity (Wildman–Crippen MR) is 106 cm³/mol. The van der Waals surface area contributed by atoms with Crippen molar-refractivity contribution in [1.82, 2.24) is 0 Å². The van der Waals surface area contributed by atoms with Crippen molar-refractivity contribution in [3.05, 3.63) is 59.7 Å².